The number of aromatic nitrogens is 3. The largest absolute Gasteiger partial charge is 0.405 e. The van der Waals surface area contributed by atoms with Gasteiger partial charge in [0.2, 0.25) is 0 Å². The number of halogens is 3. The van der Waals surface area contributed by atoms with Crippen molar-refractivity contribution >= 4 is 28.7 Å². The molecule has 0 unspecified atom stereocenters. The molecule has 0 radical (unpaired) electrons. The van der Waals surface area contributed by atoms with Gasteiger partial charge in [0, 0.05) is 24.5 Å². The fraction of sp³-hybridized carbons (Fsp3) is 0.353. The van der Waals surface area contributed by atoms with E-state index >= 15 is 0 Å². The fourth-order valence-corrected chi connectivity index (χ4v) is 3.38. The van der Waals surface area contributed by atoms with E-state index in [9.17, 15) is 18.0 Å². The van der Waals surface area contributed by atoms with Crippen molar-refractivity contribution in [3.8, 4) is 10.4 Å². The molecule has 0 aliphatic heterocycles. The Morgan fingerprint density at radius 3 is 2.85 bits per heavy atom. The number of imidazole rings is 1. The molecule has 3 aromatic heterocycles. The third-order valence-corrected chi connectivity index (χ3v) is 5.20. The Labute approximate surface area is 156 Å². The van der Waals surface area contributed by atoms with Gasteiger partial charge in [-0.2, -0.15) is 13.2 Å². The first-order valence-corrected chi connectivity index (χ1v) is 9.23. The molecule has 1 fully saturated rings. The molecule has 1 aliphatic carbocycles. The van der Waals surface area contributed by atoms with Gasteiger partial charge >= 0.3 is 6.18 Å². The van der Waals surface area contributed by atoms with Gasteiger partial charge in [0.05, 0.1) is 11.1 Å². The van der Waals surface area contributed by atoms with E-state index in [1.54, 1.807) is 0 Å². The third-order valence-electron chi connectivity index (χ3n) is 4.15. The van der Waals surface area contributed by atoms with Crippen molar-refractivity contribution in [2.75, 3.05) is 18.4 Å². The highest BCUT2D eigenvalue weighted by molar-refractivity contribution is 7.16. The second kappa shape index (κ2) is 6.84. The maximum absolute atomic E-state index is 12.2. The zero-order chi connectivity index (χ0) is 19.0. The molecule has 1 amide bonds. The SMILES string of the molecule is O=C(NCC(F)(F)F)c1ncc(-c2ccc3nc(NCC4CC4)cn3c2)s1. The first-order chi connectivity index (χ1) is 12.9. The van der Waals surface area contributed by atoms with Crippen LogP contribution in [0.5, 0.6) is 0 Å². The van der Waals surface area contributed by atoms with Crippen LogP contribution in [0.2, 0.25) is 0 Å². The van der Waals surface area contributed by atoms with Crippen LogP contribution in [-0.4, -0.2) is 39.5 Å². The molecule has 10 heteroatoms. The van der Waals surface area contributed by atoms with Gasteiger partial charge in [-0.15, -0.1) is 11.3 Å². The highest BCUT2D eigenvalue weighted by Crippen LogP contribution is 2.29. The number of anilines is 1. The van der Waals surface area contributed by atoms with Crippen LogP contribution >= 0.6 is 11.3 Å². The Bertz CT molecular complexity index is 977. The molecule has 0 spiro atoms. The van der Waals surface area contributed by atoms with Gasteiger partial charge in [0.1, 0.15) is 18.0 Å². The smallest absolute Gasteiger partial charge is 0.368 e. The third kappa shape index (κ3) is 4.38. The number of carbonyl (C=O) groups is 1. The number of amides is 1. The number of alkyl halides is 3. The Balaban J connectivity index is 1.48. The van der Waals surface area contributed by atoms with Crippen LogP contribution in [0.1, 0.15) is 22.6 Å². The molecular weight excluding hydrogens is 379 g/mol. The van der Waals surface area contributed by atoms with Gasteiger partial charge in [0.15, 0.2) is 5.01 Å². The first-order valence-electron chi connectivity index (χ1n) is 8.41. The summed E-state index contributed by atoms with van der Waals surface area (Å²) >= 11 is 1.04. The normalized spacial score (nSPS) is 14.5. The number of nitrogens with zero attached hydrogens (tertiary/aromatic N) is 3. The van der Waals surface area contributed by atoms with Crippen molar-refractivity contribution in [1.29, 1.82) is 0 Å². The highest BCUT2D eigenvalue weighted by Gasteiger charge is 2.28. The van der Waals surface area contributed by atoms with E-state index in [4.69, 9.17) is 0 Å². The molecule has 2 N–H and O–H groups in total. The molecule has 1 saturated carbocycles. The molecule has 0 bridgehead atoms. The lowest BCUT2D eigenvalue weighted by atomic mass is 10.2. The predicted molar refractivity (Wildman–Crippen MR) is 95.9 cm³/mol. The average Bonchev–Trinajstić information content (AvgIpc) is 3.16. The Hall–Kier alpha value is -2.62. The molecule has 4 rings (SSSR count). The average molecular weight is 395 g/mol. The number of nitrogens with one attached hydrogen (secondary N) is 2. The van der Waals surface area contributed by atoms with Crippen molar-refractivity contribution in [2.24, 2.45) is 5.92 Å². The standard InChI is InChI=1S/C17H16F3N5OS/c18-17(19,20)9-23-15(26)16-22-6-12(27-16)11-3-4-14-24-13(8-25(14)7-11)21-5-10-1-2-10/h3-4,6-8,10,21H,1-2,5,9H2,(H,23,26). The summed E-state index contributed by atoms with van der Waals surface area (Å²) in [5.74, 6) is 0.707. The summed E-state index contributed by atoms with van der Waals surface area (Å²) in [5, 5.41) is 5.13. The number of thiazole rings is 1. The topological polar surface area (TPSA) is 71.3 Å². The molecule has 142 valence electrons. The van der Waals surface area contributed by atoms with Gasteiger partial charge in [-0.25, -0.2) is 9.97 Å². The molecule has 27 heavy (non-hydrogen) atoms. The van der Waals surface area contributed by atoms with E-state index in [-0.39, 0.29) is 5.01 Å². The summed E-state index contributed by atoms with van der Waals surface area (Å²) in [4.78, 5) is 20.9. The van der Waals surface area contributed by atoms with Crippen LogP contribution < -0.4 is 10.6 Å². The molecule has 3 heterocycles. The van der Waals surface area contributed by atoms with E-state index < -0.39 is 18.6 Å². The summed E-state index contributed by atoms with van der Waals surface area (Å²) in [6.07, 6.45) is 3.29. The number of hydrogen-bond acceptors (Lipinski definition) is 5. The Morgan fingerprint density at radius 1 is 1.30 bits per heavy atom. The molecule has 0 aromatic carbocycles. The number of carbonyl (C=O) groups excluding carboxylic acids is 1. The summed E-state index contributed by atoms with van der Waals surface area (Å²) in [6, 6.07) is 3.69. The van der Waals surface area contributed by atoms with Crippen molar-refractivity contribution in [2.45, 2.75) is 19.0 Å². The second-order valence-electron chi connectivity index (χ2n) is 6.46. The number of fused-ring (bicyclic) bond motifs is 1. The van der Waals surface area contributed by atoms with Gasteiger partial charge in [0.25, 0.3) is 5.91 Å². The van der Waals surface area contributed by atoms with Crippen LogP contribution in [0, 0.1) is 5.92 Å². The number of rotatable bonds is 6. The minimum absolute atomic E-state index is 0.00762. The van der Waals surface area contributed by atoms with Crippen molar-refractivity contribution in [3.63, 3.8) is 0 Å². The van der Waals surface area contributed by atoms with Gasteiger partial charge < -0.3 is 15.0 Å². The lowest BCUT2D eigenvalue weighted by Gasteiger charge is -2.06. The monoisotopic (exact) mass is 395 g/mol. The lowest BCUT2D eigenvalue weighted by molar-refractivity contribution is -0.123. The van der Waals surface area contributed by atoms with Crippen LogP contribution in [0.15, 0.2) is 30.7 Å². The highest BCUT2D eigenvalue weighted by atomic mass is 32.1. The second-order valence-corrected chi connectivity index (χ2v) is 7.49. The summed E-state index contributed by atoms with van der Waals surface area (Å²) in [6.45, 7) is -0.458. The minimum atomic E-state index is -4.45. The zero-order valence-corrected chi connectivity index (χ0v) is 14.9. The van der Waals surface area contributed by atoms with E-state index in [2.05, 4.69) is 15.3 Å². The summed E-state index contributed by atoms with van der Waals surface area (Å²) in [5.41, 5.74) is 1.59. The zero-order valence-electron chi connectivity index (χ0n) is 14.1. The summed E-state index contributed by atoms with van der Waals surface area (Å²) < 4.78 is 38.5. The molecule has 1 aliphatic rings. The predicted octanol–water partition coefficient (Wildman–Crippen LogP) is 3.57. The maximum atomic E-state index is 12.2. The molecule has 3 aromatic rings. The van der Waals surface area contributed by atoms with E-state index in [1.807, 2.05) is 34.2 Å². The maximum Gasteiger partial charge on any atom is 0.405 e. The molecule has 6 nitrogen and oxygen atoms in total. The Morgan fingerprint density at radius 2 is 2.11 bits per heavy atom. The molecule has 0 saturated heterocycles. The molecule has 0 atom stereocenters. The van der Waals surface area contributed by atoms with Gasteiger partial charge in [-0.1, -0.05) is 0 Å². The number of hydrogen-bond donors (Lipinski definition) is 2. The van der Waals surface area contributed by atoms with Gasteiger partial charge in [-0.3, -0.25) is 4.79 Å². The van der Waals surface area contributed by atoms with Crippen molar-refractivity contribution in [3.05, 3.63) is 35.7 Å². The van der Waals surface area contributed by atoms with E-state index in [1.165, 1.54) is 19.0 Å². The van der Waals surface area contributed by atoms with E-state index in [0.29, 0.717) is 4.88 Å². The first kappa shape index (κ1) is 17.8. The minimum Gasteiger partial charge on any atom is -0.368 e. The fourth-order valence-electron chi connectivity index (χ4n) is 2.56. The van der Waals surface area contributed by atoms with Crippen molar-refractivity contribution in [1.82, 2.24) is 19.7 Å². The quantitative estimate of drug-likeness (QED) is 0.669. The van der Waals surface area contributed by atoms with Crippen LogP contribution in [-0.2, 0) is 0 Å². The van der Waals surface area contributed by atoms with Crippen LogP contribution in [0.3, 0.4) is 0 Å². The van der Waals surface area contributed by atoms with Gasteiger partial charge in [-0.05, 0) is 30.9 Å². The summed E-state index contributed by atoms with van der Waals surface area (Å²) in [7, 11) is 0. The van der Waals surface area contributed by atoms with E-state index in [0.717, 1.165) is 40.8 Å². The van der Waals surface area contributed by atoms with Crippen LogP contribution in [0.25, 0.3) is 16.1 Å². The number of pyridine rings is 1. The van der Waals surface area contributed by atoms with Crippen molar-refractivity contribution < 1.29 is 18.0 Å². The Kier molecular flexibility index (Phi) is 4.50. The molecular formula is C17H16F3N5OS. The van der Waals surface area contributed by atoms with Crippen LogP contribution in [0.4, 0.5) is 19.0 Å². The lowest BCUT2D eigenvalue weighted by Crippen LogP contribution is -2.33.